The van der Waals surface area contributed by atoms with Gasteiger partial charge in [0.05, 0.1) is 0 Å². The topological polar surface area (TPSA) is 0 Å². The van der Waals surface area contributed by atoms with E-state index in [1.807, 2.05) is 0 Å². The molecule has 0 aliphatic rings. The predicted octanol–water partition coefficient (Wildman–Crippen LogP) is 6.47. The van der Waals surface area contributed by atoms with Crippen molar-refractivity contribution in [3.05, 3.63) is 65.7 Å². The summed E-state index contributed by atoms with van der Waals surface area (Å²) in [6.45, 7) is 9.02. The maximum Gasteiger partial charge on any atom is 0 e. The van der Waals surface area contributed by atoms with Crippen LogP contribution in [0.1, 0.15) is 45.2 Å². The van der Waals surface area contributed by atoms with Crippen LogP contribution >= 0.6 is 0 Å². The van der Waals surface area contributed by atoms with Crippen LogP contribution < -0.4 is 0 Å². The zero-order chi connectivity index (χ0) is 15.7. The van der Waals surface area contributed by atoms with Gasteiger partial charge in [-0.25, -0.2) is 0 Å². The van der Waals surface area contributed by atoms with Gasteiger partial charge in [-0.15, -0.1) is 34.5 Å². The van der Waals surface area contributed by atoms with E-state index in [0.29, 0.717) is 0 Å². The molecule has 0 bridgehead atoms. The van der Waals surface area contributed by atoms with E-state index in [2.05, 4.69) is 82.3 Å². The molecule has 1 heteroatoms. The second-order valence-electron chi connectivity index (χ2n) is 7.25. The van der Waals surface area contributed by atoms with Crippen molar-refractivity contribution in [1.82, 2.24) is 0 Å². The minimum atomic E-state index is 0. The molecule has 0 atom stereocenters. The number of hydrogen-bond acceptors (Lipinski definition) is 0. The van der Waals surface area contributed by atoms with Gasteiger partial charge in [-0.1, -0.05) is 70.0 Å². The van der Waals surface area contributed by atoms with E-state index in [9.17, 15) is 0 Å². The average Bonchev–Trinajstić information content (AvgIpc) is 2.89. The first kappa shape index (κ1) is 18.3. The van der Waals surface area contributed by atoms with E-state index >= 15 is 0 Å². The number of rotatable bonds is 3. The molecule has 0 radical (unpaired) electrons. The Morgan fingerprint density at radius 1 is 0.957 bits per heavy atom. The van der Waals surface area contributed by atoms with E-state index in [1.165, 1.54) is 39.4 Å². The molecular formula is C22H25Zr-. The second kappa shape index (κ2) is 7.22. The normalized spacial score (nSPS) is 11.5. The van der Waals surface area contributed by atoms with Crippen LogP contribution in [-0.4, -0.2) is 0 Å². The number of aryl methyl sites for hydroxylation is 1. The smallest absolute Gasteiger partial charge is 0 e. The van der Waals surface area contributed by atoms with E-state index in [1.54, 1.807) is 0 Å². The second-order valence-corrected chi connectivity index (χ2v) is 7.25. The van der Waals surface area contributed by atoms with Gasteiger partial charge in [0.15, 0.2) is 0 Å². The van der Waals surface area contributed by atoms with Crippen molar-refractivity contribution in [3.63, 3.8) is 0 Å². The largest absolute Gasteiger partial charge is 0.164 e. The van der Waals surface area contributed by atoms with Gasteiger partial charge in [-0.05, 0) is 23.0 Å². The third-order valence-electron chi connectivity index (χ3n) is 4.41. The Bertz CT molecular complexity index is 770. The van der Waals surface area contributed by atoms with E-state index < -0.39 is 0 Å². The predicted molar refractivity (Wildman–Crippen MR) is 97.7 cm³/mol. The van der Waals surface area contributed by atoms with Crippen LogP contribution in [0.25, 0.3) is 21.9 Å². The quantitative estimate of drug-likeness (QED) is 0.457. The molecular weight excluding hydrogens is 355 g/mol. The molecule has 0 fully saturated rings. The van der Waals surface area contributed by atoms with Crippen molar-refractivity contribution >= 4 is 10.8 Å². The fraction of sp³-hybridized carbons (Fsp3) is 0.318. The molecule has 0 aliphatic heterocycles. The van der Waals surface area contributed by atoms with Crippen LogP contribution in [-0.2, 0) is 38.0 Å². The molecule has 0 spiro atoms. The molecule has 0 nitrogen and oxygen atoms in total. The van der Waals surface area contributed by atoms with Crippen molar-refractivity contribution in [2.45, 2.75) is 46.0 Å². The first-order valence-corrected chi connectivity index (χ1v) is 8.28. The Balaban J connectivity index is 0.00000192. The molecule has 3 aromatic rings. The standard InChI is InChI=1S/C22H25.Zr/c1-5-7-16-14-18-8-6-9-20(21(18)15-16)17-10-12-19(13-11-17)22(2,3)4;/h6,8-15H,5,7H2,1-4H3;/q-1;. The van der Waals surface area contributed by atoms with Crippen molar-refractivity contribution in [2.24, 2.45) is 0 Å². The zero-order valence-electron chi connectivity index (χ0n) is 14.6. The molecule has 0 amide bonds. The van der Waals surface area contributed by atoms with Gasteiger partial charge >= 0.3 is 0 Å². The third-order valence-corrected chi connectivity index (χ3v) is 4.41. The van der Waals surface area contributed by atoms with Crippen LogP contribution in [0, 0.1) is 0 Å². The van der Waals surface area contributed by atoms with E-state index in [4.69, 9.17) is 0 Å². The SMILES string of the molecule is CCCc1cc2c(-c3ccc(C(C)(C)C)cc3)cccc2[cH-]1.[Zr]. The summed E-state index contributed by atoms with van der Waals surface area (Å²) in [5.74, 6) is 0. The van der Waals surface area contributed by atoms with Crippen molar-refractivity contribution < 1.29 is 26.2 Å². The Morgan fingerprint density at radius 2 is 1.65 bits per heavy atom. The molecule has 23 heavy (non-hydrogen) atoms. The Hall–Kier alpha value is -1.07. The molecule has 0 heterocycles. The summed E-state index contributed by atoms with van der Waals surface area (Å²) in [5.41, 5.74) is 5.71. The Labute approximate surface area is 159 Å². The summed E-state index contributed by atoms with van der Waals surface area (Å²) in [6, 6.07) is 20.4. The van der Waals surface area contributed by atoms with Crippen molar-refractivity contribution in [3.8, 4) is 11.1 Å². The summed E-state index contributed by atoms with van der Waals surface area (Å²) in [4.78, 5) is 0. The van der Waals surface area contributed by atoms with Crippen LogP contribution in [0.5, 0.6) is 0 Å². The van der Waals surface area contributed by atoms with Crippen LogP contribution in [0.3, 0.4) is 0 Å². The summed E-state index contributed by atoms with van der Waals surface area (Å²) >= 11 is 0. The van der Waals surface area contributed by atoms with Gasteiger partial charge in [-0.3, -0.25) is 0 Å². The molecule has 0 aromatic heterocycles. The van der Waals surface area contributed by atoms with Crippen molar-refractivity contribution in [2.75, 3.05) is 0 Å². The number of hydrogen-bond donors (Lipinski definition) is 0. The fourth-order valence-electron chi connectivity index (χ4n) is 3.13. The first-order valence-electron chi connectivity index (χ1n) is 8.28. The van der Waals surface area contributed by atoms with Gasteiger partial charge in [0.2, 0.25) is 0 Å². The first-order chi connectivity index (χ1) is 10.5. The molecule has 0 saturated carbocycles. The van der Waals surface area contributed by atoms with Gasteiger partial charge in [0.1, 0.15) is 0 Å². The number of benzene rings is 2. The summed E-state index contributed by atoms with van der Waals surface area (Å²) in [6.07, 6.45) is 2.36. The summed E-state index contributed by atoms with van der Waals surface area (Å²) < 4.78 is 0. The average molecular weight is 381 g/mol. The molecule has 3 aromatic carbocycles. The zero-order valence-corrected chi connectivity index (χ0v) is 17.1. The maximum atomic E-state index is 2.37. The van der Waals surface area contributed by atoms with Crippen molar-refractivity contribution in [1.29, 1.82) is 0 Å². The van der Waals surface area contributed by atoms with Crippen LogP contribution in [0.2, 0.25) is 0 Å². The van der Waals surface area contributed by atoms with Gasteiger partial charge < -0.3 is 0 Å². The fourth-order valence-corrected chi connectivity index (χ4v) is 3.13. The third kappa shape index (κ3) is 3.89. The van der Waals surface area contributed by atoms with Gasteiger partial charge in [0, 0.05) is 26.2 Å². The summed E-state index contributed by atoms with van der Waals surface area (Å²) in [7, 11) is 0. The van der Waals surface area contributed by atoms with E-state index in [0.717, 1.165) is 6.42 Å². The van der Waals surface area contributed by atoms with Crippen LogP contribution in [0.4, 0.5) is 0 Å². The number of fused-ring (bicyclic) bond motifs is 1. The van der Waals surface area contributed by atoms with Gasteiger partial charge in [-0.2, -0.15) is 6.07 Å². The maximum absolute atomic E-state index is 2.37. The monoisotopic (exact) mass is 379 g/mol. The molecule has 0 saturated heterocycles. The Kier molecular flexibility index (Phi) is 5.74. The summed E-state index contributed by atoms with van der Waals surface area (Å²) in [5, 5.41) is 2.75. The Morgan fingerprint density at radius 3 is 2.26 bits per heavy atom. The molecule has 0 unspecified atom stereocenters. The molecule has 0 N–H and O–H groups in total. The van der Waals surface area contributed by atoms with Crippen LogP contribution in [0.15, 0.2) is 54.6 Å². The van der Waals surface area contributed by atoms with E-state index in [-0.39, 0.29) is 31.6 Å². The minimum Gasteiger partial charge on any atom is -0.164 e. The molecule has 0 aliphatic carbocycles. The molecule has 118 valence electrons. The molecule has 3 rings (SSSR count). The van der Waals surface area contributed by atoms with Gasteiger partial charge in [0.25, 0.3) is 0 Å². The minimum absolute atomic E-state index is 0.